The number of carbonyl (C=O) groups excluding carboxylic acids is 2. The van der Waals surface area contributed by atoms with Crippen molar-refractivity contribution in [1.82, 2.24) is 10.6 Å². The van der Waals surface area contributed by atoms with Gasteiger partial charge < -0.3 is 15.4 Å². The van der Waals surface area contributed by atoms with E-state index in [0.29, 0.717) is 16.8 Å². The molecule has 0 saturated carbocycles. The average molecular weight is 411 g/mol. The number of benzene rings is 2. The van der Waals surface area contributed by atoms with Gasteiger partial charge in [-0.15, -0.1) is 0 Å². The Morgan fingerprint density at radius 3 is 2.55 bits per heavy atom. The Labute approximate surface area is 171 Å². The summed E-state index contributed by atoms with van der Waals surface area (Å²) in [6.07, 6.45) is 0. The second-order valence-corrected chi connectivity index (χ2v) is 6.50. The normalized spacial score (nSPS) is 15.9. The fraction of sp³-hybridized carbons (Fsp3) is 0.150. The van der Waals surface area contributed by atoms with Gasteiger partial charge >= 0.3 is 5.97 Å². The third-order valence-electron chi connectivity index (χ3n) is 4.25. The van der Waals surface area contributed by atoms with E-state index in [9.17, 15) is 19.7 Å². The van der Waals surface area contributed by atoms with Gasteiger partial charge in [-0.05, 0) is 30.3 Å². The molecule has 9 heteroatoms. The molecule has 2 N–H and O–H groups in total. The van der Waals surface area contributed by atoms with Crippen molar-refractivity contribution < 1.29 is 19.2 Å². The number of carbonyl (C=O) groups is 2. The van der Waals surface area contributed by atoms with Gasteiger partial charge in [-0.25, -0.2) is 4.79 Å². The molecule has 2 aromatic rings. The molecule has 1 aliphatic rings. The summed E-state index contributed by atoms with van der Waals surface area (Å²) in [6.45, 7) is 1.64. The van der Waals surface area contributed by atoms with Crippen molar-refractivity contribution >= 4 is 40.5 Å². The van der Waals surface area contributed by atoms with Gasteiger partial charge in [0.15, 0.2) is 5.11 Å². The minimum atomic E-state index is -1.01. The summed E-state index contributed by atoms with van der Waals surface area (Å²) in [7, 11) is 0. The van der Waals surface area contributed by atoms with Crippen LogP contribution in [0.4, 0.5) is 5.69 Å². The van der Waals surface area contributed by atoms with E-state index in [-0.39, 0.29) is 23.0 Å². The van der Waals surface area contributed by atoms with Gasteiger partial charge in [0.05, 0.1) is 28.8 Å². The molecule has 0 unspecified atom stereocenters. The van der Waals surface area contributed by atoms with E-state index in [1.807, 2.05) is 6.07 Å². The Bertz CT molecular complexity index is 1020. The lowest BCUT2D eigenvalue weighted by Gasteiger charge is -2.31. The first kappa shape index (κ1) is 20.2. The summed E-state index contributed by atoms with van der Waals surface area (Å²) in [5, 5.41) is 17.3. The molecule has 2 aromatic carbocycles. The summed E-state index contributed by atoms with van der Waals surface area (Å²) in [6, 6.07) is 13.9. The van der Waals surface area contributed by atoms with Crippen LogP contribution < -0.4 is 10.6 Å². The van der Waals surface area contributed by atoms with Crippen molar-refractivity contribution in [1.29, 1.82) is 0 Å². The van der Waals surface area contributed by atoms with E-state index in [0.717, 1.165) is 0 Å². The molecule has 29 heavy (non-hydrogen) atoms. The summed E-state index contributed by atoms with van der Waals surface area (Å²) in [5.74, 6) is -1.87. The summed E-state index contributed by atoms with van der Waals surface area (Å²) in [5.41, 5.74) is 1.34. The average Bonchev–Trinajstić information content (AvgIpc) is 2.73. The van der Waals surface area contributed by atoms with Crippen LogP contribution in [0, 0.1) is 10.1 Å². The highest BCUT2D eigenvalue weighted by Crippen LogP contribution is 2.33. The van der Waals surface area contributed by atoms with Crippen molar-refractivity contribution in [3.63, 3.8) is 0 Å². The maximum absolute atomic E-state index is 13.0. The molecular formula is C20H17N3O5S. The van der Waals surface area contributed by atoms with Gasteiger partial charge in [-0.2, -0.15) is 0 Å². The first-order chi connectivity index (χ1) is 13.9. The number of non-ortho nitro benzene ring substituents is 1. The number of nitrogens with zero attached hydrogens (tertiary/aromatic N) is 1. The third-order valence-corrected chi connectivity index (χ3v) is 4.47. The zero-order valence-corrected chi connectivity index (χ0v) is 16.2. The lowest BCUT2D eigenvalue weighted by molar-refractivity contribution is -0.384. The van der Waals surface area contributed by atoms with Crippen molar-refractivity contribution in [3.8, 4) is 0 Å². The highest BCUT2D eigenvalue weighted by molar-refractivity contribution is 7.80. The highest BCUT2D eigenvalue weighted by atomic mass is 32.1. The van der Waals surface area contributed by atoms with Crippen LogP contribution in [0.3, 0.4) is 0 Å². The minimum absolute atomic E-state index is 0.0409. The van der Waals surface area contributed by atoms with Gasteiger partial charge in [0.1, 0.15) is 0 Å². The number of ether oxygens (including phenoxy) is 1. The molecule has 0 amide bonds. The molecule has 0 saturated heterocycles. The van der Waals surface area contributed by atoms with Gasteiger partial charge in [0.25, 0.3) is 11.5 Å². The smallest absolute Gasteiger partial charge is 0.379 e. The third kappa shape index (κ3) is 4.30. The topological polar surface area (TPSA) is 111 Å². The predicted molar refractivity (Wildman–Crippen MR) is 110 cm³/mol. The number of nitro benzene ring substituents is 1. The molecule has 0 spiro atoms. The number of nitro groups is 1. The van der Waals surface area contributed by atoms with E-state index in [2.05, 4.69) is 10.6 Å². The van der Waals surface area contributed by atoms with E-state index >= 15 is 0 Å². The summed E-state index contributed by atoms with van der Waals surface area (Å²) >= 11 is 5.28. The van der Waals surface area contributed by atoms with Gasteiger partial charge in [0, 0.05) is 12.1 Å². The van der Waals surface area contributed by atoms with Crippen molar-refractivity contribution in [2.75, 3.05) is 6.61 Å². The van der Waals surface area contributed by atoms with Crippen LogP contribution in [-0.4, -0.2) is 28.4 Å². The van der Waals surface area contributed by atoms with Crippen molar-refractivity contribution in [2.24, 2.45) is 0 Å². The Morgan fingerprint density at radius 1 is 1.17 bits per heavy atom. The Morgan fingerprint density at radius 2 is 1.90 bits per heavy atom. The lowest BCUT2D eigenvalue weighted by Crippen LogP contribution is -2.46. The maximum Gasteiger partial charge on any atom is 0.379 e. The standard InChI is InChI=1S/C20H17N3O5S/c1-2-28-19(25)18(24)15-16(12-7-4-3-5-8-12)21-20(29)22-17(15)13-9-6-10-14(11-13)23(26)27/h3-11,17H,2H2,1H3,(H2,21,22,29)/t17-/m0/s1. The quantitative estimate of drug-likeness (QED) is 0.245. The van der Waals surface area contributed by atoms with Gasteiger partial charge in [0.2, 0.25) is 0 Å². The molecule has 0 aromatic heterocycles. The molecule has 0 aliphatic carbocycles. The number of Topliss-reactive ketones (excluding diaryl/α,β-unsaturated/α-hetero) is 1. The van der Waals surface area contributed by atoms with Crippen molar-refractivity contribution in [2.45, 2.75) is 13.0 Å². The zero-order valence-electron chi connectivity index (χ0n) is 15.4. The van der Waals surface area contributed by atoms with Crippen LogP contribution in [0.5, 0.6) is 0 Å². The van der Waals surface area contributed by atoms with Gasteiger partial charge in [-0.1, -0.05) is 42.5 Å². The summed E-state index contributed by atoms with van der Waals surface area (Å²) in [4.78, 5) is 35.9. The number of ketones is 1. The van der Waals surface area contributed by atoms with Crippen LogP contribution >= 0.6 is 12.2 Å². The van der Waals surface area contributed by atoms with Crippen LogP contribution in [0.15, 0.2) is 60.2 Å². The molecule has 0 radical (unpaired) electrons. The molecule has 1 aliphatic heterocycles. The van der Waals surface area contributed by atoms with E-state index < -0.39 is 22.7 Å². The van der Waals surface area contributed by atoms with Crippen LogP contribution in [0.25, 0.3) is 5.70 Å². The number of nitrogens with one attached hydrogen (secondary N) is 2. The van der Waals surface area contributed by atoms with E-state index in [1.54, 1.807) is 37.3 Å². The predicted octanol–water partition coefficient (Wildman–Crippen LogP) is 2.66. The Kier molecular flexibility index (Phi) is 5.99. The Hall–Kier alpha value is -3.59. The fourth-order valence-electron chi connectivity index (χ4n) is 3.02. The molecular weight excluding hydrogens is 394 g/mol. The van der Waals surface area contributed by atoms with Gasteiger partial charge in [-0.3, -0.25) is 14.9 Å². The SMILES string of the molecule is CCOC(=O)C(=O)C1=C(c2ccccc2)NC(=S)N[C@H]1c1cccc([N+](=O)[O-])c1. The molecule has 3 rings (SSSR count). The number of hydrogen-bond acceptors (Lipinski definition) is 6. The molecule has 148 valence electrons. The largest absolute Gasteiger partial charge is 0.460 e. The molecule has 1 heterocycles. The molecule has 0 fully saturated rings. The number of rotatable bonds is 6. The lowest BCUT2D eigenvalue weighted by atomic mass is 9.90. The molecule has 0 bridgehead atoms. The molecule has 8 nitrogen and oxygen atoms in total. The number of esters is 1. The van der Waals surface area contributed by atoms with E-state index in [4.69, 9.17) is 17.0 Å². The van der Waals surface area contributed by atoms with Crippen molar-refractivity contribution in [3.05, 3.63) is 81.4 Å². The first-order valence-corrected chi connectivity index (χ1v) is 9.16. The monoisotopic (exact) mass is 411 g/mol. The van der Waals surface area contributed by atoms with Crippen LogP contribution in [0.1, 0.15) is 24.1 Å². The zero-order chi connectivity index (χ0) is 21.0. The van der Waals surface area contributed by atoms with Crippen LogP contribution in [0.2, 0.25) is 0 Å². The van der Waals surface area contributed by atoms with E-state index in [1.165, 1.54) is 18.2 Å². The highest BCUT2D eigenvalue weighted by Gasteiger charge is 2.36. The Balaban J connectivity index is 2.21. The second-order valence-electron chi connectivity index (χ2n) is 6.09. The maximum atomic E-state index is 13.0. The number of thiocarbonyl (C=S) groups is 1. The first-order valence-electron chi connectivity index (χ1n) is 8.75. The summed E-state index contributed by atoms with van der Waals surface area (Å²) < 4.78 is 4.89. The number of hydrogen-bond donors (Lipinski definition) is 2. The fourth-order valence-corrected chi connectivity index (χ4v) is 3.24. The van der Waals surface area contributed by atoms with Crippen LogP contribution in [-0.2, 0) is 14.3 Å². The molecule has 1 atom stereocenters. The minimum Gasteiger partial charge on any atom is -0.460 e. The second kappa shape index (κ2) is 8.61.